The van der Waals surface area contributed by atoms with Gasteiger partial charge in [-0.3, -0.25) is 4.99 Å². The van der Waals surface area contributed by atoms with Gasteiger partial charge in [0.2, 0.25) is 0 Å². The SMILES string of the molecule is CC1CC(NC(=NCC2CCS(=O)(=O)C2)NC(C)c2ccccc2)CCO1. The molecular weight excluding hydrogens is 362 g/mol. The first kappa shape index (κ1) is 20.1. The van der Waals surface area contributed by atoms with Crippen molar-refractivity contribution in [3.8, 4) is 0 Å². The maximum atomic E-state index is 11.7. The van der Waals surface area contributed by atoms with Gasteiger partial charge in [-0.15, -0.1) is 0 Å². The van der Waals surface area contributed by atoms with Crippen LogP contribution < -0.4 is 10.6 Å². The summed E-state index contributed by atoms with van der Waals surface area (Å²) in [6, 6.07) is 10.7. The van der Waals surface area contributed by atoms with Crippen LogP contribution in [0.1, 0.15) is 44.7 Å². The second-order valence-electron chi connectivity index (χ2n) is 7.78. The molecule has 2 heterocycles. The van der Waals surface area contributed by atoms with Crippen molar-refractivity contribution in [2.45, 2.75) is 51.3 Å². The fourth-order valence-electron chi connectivity index (χ4n) is 3.72. The van der Waals surface area contributed by atoms with Crippen molar-refractivity contribution in [2.75, 3.05) is 24.7 Å². The van der Waals surface area contributed by atoms with E-state index >= 15 is 0 Å². The van der Waals surface area contributed by atoms with E-state index in [1.165, 1.54) is 5.56 Å². The van der Waals surface area contributed by atoms with E-state index in [0.29, 0.717) is 24.8 Å². The Bertz CT molecular complexity index is 736. The second kappa shape index (κ2) is 9.06. The van der Waals surface area contributed by atoms with Crippen molar-refractivity contribution in [3.63, 3.8) is 0 Å². The van der Waals surface area contributed by atoms with Crippen molar-refractivity contribution in [1.29, 1.82) is 0 Å². The molecule has 4 unspecified atom stereocenters. The lowest BCUT2D eigenvalue weighted by Gasteiger charge is -2.30. The lowest BCUT2D eigenvalue weighted by atomic mass is 10.0. The van der Waals surface area contributed by atoms with Crippen molar-refractivity contribution < 1.29 is 13.2 Å². The molecule has 2 saturated heterocycles. The summed E-state index contributed by atoms with van der Waals surface area (Å²) in [4.78, 5) is 4.75. The molecule has 0 aromatic heterocycles. The minimum absolute atomic E-state index is 0.113. The van der Waals surface area contributed by atoms with Gasteiger partial charge in [0.1, 0.15) is 0 Å². The minimum Gasteiger partial charge on any atom is -0.378 e. The molecule has 27 heavy (non-hydrogen) atoms. The van der Waals surface area contributed by atoms with Gasteiger partial charge >= 0.3 is 0 Å². The Morgan fingerprint density at radius 1 is 1.30 bits per heavy atom. The second-order valence-corrected chi connectivity index (χ2v) is 10.0. The zero-order chi connectivity index (χ0) is 19.3. The van der Waals surface area contributed by atoms with Crippen LogP contribution >= 0.6 is 0 Å². The van der Waals surface area contributed by atoms with Crippen LogP contribution in [0.3, 0.4) is 0 Å². The zero-order valence-corrected chi connectivity index (χ0v) is 17.0. The third kappa shape index (κ3) is 6.21. The van der Waals surface area contributed by atoms with Crippen LogP contribution in [-0.4, -0.2) is 51.2 Å². The Hall–Kier alpha value is -1.60. The quantitative estimate of drug-likeness (QED) is 0.593. The van der Waals surface area contributed by atoms with E-state index < -0.39 is 9.84 Å². The molecule has 2 aliphatic rings. The monoisotopic (exact) mass is 393 g/mol. The lowest BCUT2D eigenvalue weighted by molar-refractivity contribution is 0.0165. The molecule has 0 spiro atoms. The van der Waals surface area contributed by atoms with Crippen molar-refractivity contribution in [3.05, 3.63) is 35.9 Å². The Morgan fingerprint density at radius 2 is 2.07 bits per heavy atom. The van der Waals surface area contributed by atoms with Crippen LogP contribution in [0.2, 0.25) is 0 Å². The summed E-state index contributed by atoms with van der Waals surface area (Å²) < 4.78 is 29.1. The average Bonchev–Trinajstić information content (AvgIpc) is 2.99. The molecule has 6 nitrogen and oxygen atoms in total. The highest BCUT2D eigenvalue weighted by Crippen LogP contribution is 2.19. The molecule has 3 rings (SSSR count). The maximum Gasteiger partial charge on any atom is 0.191 e. The van der Waals surface area contributed by atoms with Crippen molar-refractivity contribution in [1.82, 2.24) is 10.6 Å². The van der Waals surface area contributed by atoms with E-state index in [2.05, 4.69) is 36.6 Å². The number of nitrogens with zero attached hydrogens (tertiary/aromatic N) is 1. The number of aliphatic imine (C=N–C) groups is 1. The smallest absolute Gasteiger partial charge is 0.191 e. The van der Waals surface area contributed by atoms with Gasteiger partial charge in [-0.25, -0.2) is 8.42 Å². The highest BCUT2D eigenvalue weighted by Gasteiger charge is 2.28. The molecule has 1 aromatic rings. The lowest BCUT2D eigenvalue weighted by Crippen LogP contribution is -2.47. The molecule has 0 amide bonds. The van der Waals surface area contributed by atoms with Gasteiger partial charge in [0, 0.05) is 19.2 Å². The van der Waals surface area contributed by atoms with Crippen LogP contribution in [0.4, 0.5) is 0 Å². The van der Waals surface area contributed by atoms with E-state index in [9.17, 15) is 8.42 Å². The summed E-state index contributed by atoms with van der Waals surface area (Å²) in [5, 5.41) is 7.03. The third-order valence-electron chi connectivity index (χ3n) is 5.31. The molecule has 0 bridgehead atoms. The van der Waals surface area contributed by atoms with Gasteiger partial charge in [0.05, 0.1) is 23.7 Å². The fourth-order valence-corrected chi connectivity index (χ4v) is 5.57. The number of nitrogens with one attached hydrogen (secondary N) is 2. The van der Waals surface area contributed by atoms with Crippen LogP contribution in [0.5, 0.6) is 0 Å². The van der Waals surface area contributed by atoms with E-state index in [4.69, 9.17) is 9.73 Å². The number of guanidine groups is 1. The van der Waals surface area contributed by atoms with Crippen LogP contribution in [0, 0.1) is 5.92 Å². The first-order valence-corrected chi connectivity index (χ1v) is 11.7. The van der Waals surface area contributed by atoms with Crippen molar-refractivity contribution in [2.24, 2.45) is 10.9 Å². The van der Waals surface area contributed by atoms with E-state index in [-0.39, 0.29) is 23.8 Å². The Labute approximate surface area is 162 Å². The fraction of sp³-hybridized carbons (Fsp3) is 0.650. The molecule has 4 atom stereocenters. The summed E-state index contributed by atoms with van der Waals surface area (Å²) in [5.41, 5.74) is 1.19. The molecule has 7 heteroatoms. The van der Waals surface area contributed by atoms with Gasteiger partial charge < -0.3 is 15.4 Å². The number of hydrogen-bond acceptors (Lipinski definition) is 4. The molecule has 0 aliphatic carbocycles. The van der Waals surface area contributed by atoms with Gasteiger partial charge in [0.25, 0.3) is 0 Å². The first-order chi connectivity index (χ1) is 12.9. The largest absolute Gasteiger partial charge is 0.378 e. The van der Waals surface area contributed by atoms with Gasteiger partial charge in [-0.1, -0.05) is 30.3 Å². The van der Waals surface area contributed by atoms with Crippen LogP contribution in [0.25, 0.3) is 0 Å². The summed E-state index contributed by atoms with van der Waals surface area (Å²) >= 11 is 0. The van der Waals surface area contributed by atoms with Gasteiger partial charge in [-0.05, 0) is 44.6 Å². The molecule has 150 valence electrons. The number of hydrogen-bond donors (Lipinski definition) is 2. The highest BCUT2D eigenvalue weighted by molar-refractivity contribution is 7.91. The maximum absolute atomic E-state index is 11.7. The Morgan fingerprint density at radius 3 is 2.74 bits per heavy atom. The summed E-state index contributed by atoms with van der Waals surface area (Å²) in [6.07, 6.45) is 2.84. The Kier molecular flexibility index (Phi) is 6.76. The predicted octanol–water partition coefficient (Wildman–Crippen LogP) is 2.29. The third-order valence-corrected chi connectivity index (χ3v) is 7.15. The number of sulfone groups is 1. The molecule has 1 aromatic carbocycles. The van der Waals surface area contributed by atoms with Gasteiger partial charge in [-0.2, -0.15) is 0 Å². The highest BCUT2D eigenvalue weighted by atomic mass is 32.2. The summed E-state index contributed by atoms with van der Waals surface area (Å²) in [6.45, 7) is 5.49. The van der Waals surface area contributed by atoms with E-state index in [1.807, 2.05) is 18.2 Å². The van der Waals surface area contributed by atoms with Crippen LogP contribution in [0.15, 0.2) is 35.3 Å². The standard InChI is InChI=1S/C20H31N3O3S/c1-15-12-19(8-10-26-15)23-20(21-13-17-9-11-27(24,25)14-17)22-16(2)18-6-4-3-5-7-18/h3-7,15-17,19H,8-14H2,1-2H3,(H2,21,22,23). The molecule has 2 aliphatic heterocycles. The molecule has 0 radical (unpaired) electrons. The summed E-state index contributed by atoms with van der Waals surface area (Å²) in [5.74, 6) is 1.43. The number of benzene rings is 1. The summed E-state index contributed by atoms with van der Waals surface area (Å²) in [7, 11) is -2.87. The van der Waals surface area contributed by atoms with Crippen molar-refractivity contribution >= 4 is 15.8 Å². The average molecular weight is 394 g/mol. The number of ether oxygens (including phenoxy) is 1. The molecular formula is C20H31N3O3S. The van der Waals surface area contributed by atoms with Crippen LogP contribution in [-0.2, 0) is 14.6 Å². The molecule has 2 fully saturated rings. The Balaban J connectivity index is 1.66. The minimum atomic E-state index is -2.87. The topological polar surface area (TPSA) is 79.8 Å². The molecule has 0 saturated carbocycles. The van der Waals surface area contributed by atoms with Gasteiger partial charge in [0.15, 0.2) is 15.8 Å². The number of rotatable bonds is 5. The predicted molar refractivity (Wildman–Crippen MR) is 109 cm³/mol. The zero-order valence-electron chi connectivity index (χ0n) is 16.2. The van der Waals surface area contributed by atoms with E-state index in [0.717, 1.165) is 25.4 Å². The van der Waals surface area contributed by atoms with E-state index in [1.54, 1.807) is 0 Å². The molecule has 2 N–H and O–H groups in total. The first-order valence-electron chi connectivity index (χ1n) is 9.86. The normalized spacial score (nSPS) is 29.3.